The van der Waals surface area contributed by atoms with Crippen LogP contribution in [0.1, 0.15) is 12.5 Å². The number of nitrogens with one attached hydrogen (secondary N) is 1. The summed E-state index contributed by atoms with van der Waals surface area (Å²) < 4.78 is 10.5. The van der Waals surface area contributed by atoms with Crippen molar-refractivity contribution in [2.24, 2.45) is 0 Å². The number of amides is 2. The Labute approximate surface area is 151 Å². The number of carbonyl (C=O) groups is 2. The largest absolute Gasteiger partial charge is 0.497 e. The number of carbonyl (C=O) groups excluding carboxylic acids is 2. The van der Waals surface area contributed by atoms with Crippen LogP contribution in [0.15, 0.2) is 42.5 Å². The van der Waals surface area contributed by atoms with Crippen LogP contribution in [0, 0.1) is 11.3 Å². The van der Waals surface area contributed by atoms with Gasteiger partial charge in [-0.25, -0.2) is 0 Å². The fraction of sp³-hybridized carbons (Fsp3) is 0.211. The highest BCUT2D eigenvalue weighted by molar-refractivity contribution is 6.03. The van der Waals surface area contributed by atoms with E-state index in [2.05, 4.69) is 5.32 Å². The SMILES string of the molecule is COc1ccc(N(CC(=O)Nc2ccccc2C#N)C(C)=O)c(OC)c1. The number of hydrogen-bond donors (Lipinski definition) is 1. The minimum Gasteiger partial charge on any atom is -0.497 e. The van der Waals surface area contributed by atoms with Crippen LogP contribution in [0.2, 0.25) is 0 Å². The number of methoxy groups -OCH3 is 2. The highest BCUT2D eigenvalue weighted by Crippen LogP contribution is 2.32. The Bertz CT molecular complexity index is 858. The first-order valence-electron chi connectivity index (χ1n) is 7.79. The van der Waals surface area contributed by atoms with Gasteiger partial charge >= 0.3 is 0 Å². The molecule has 134 valence electrons. The molecule has 0 atom stereocenters. The molecule has 0 bridgehead atoms. The van der Waals surface area contributed by atoms with Gasteiger partial charge < -0.3 is 14.8 Å². The van der Waals surface area contributed by atoms with Gasteiger partial charge in [0.25, 0.3) is 0 Å². The van der Waals surface area contributed by atoms with Crippen molar-refractivity contribution in [1.82, 2.24) is 0 Å². The lowest BCUT2D eigenvalue weighted by Gasteiger charge is -2.23. The molecule has 0 saturated carbocycles. The molecule has 7 heteroatoms. The van der Waals surface area contributed by atoms with Gasteiger partial charge in [-0.3, -0.25) is 14.5 Å². The second-order valence-electron chi connectivity index (χ2n) is 5.35. The summed E-state index contributed by atoms with van der Waals surface area (Å²) in [6.45, 7) is 1.14. The first kappa shape index (κ1) is 18.8. The van der Waals surface area contributed by atoms with Gasteiger partial charge in [-0.2, -0.15) is 5.26 Å². The molecule has 0 aliphatic heterocycles. The minimum atomic E-state index is -0.430. The maximum absolute atomic E-state index is 12.4. The third-order valence-corrected chi connectivity index (χ3v) is 3.68. The molecule has 0 unspecified atom stereocenters. The van der Waals surface area contributed by atoms with E-state index in [1.165, 1.54) is 26.0 Å². The van der Waals surface area contributed by atoms with E-state index in [1.54, 1.807) is 42.5 Å². The lowest BCUT2D eigenvalue weighted by Crippen LogP contribution is -2.37. The molecule has 7 nitrogen and oxygen atoms in total. The Morgan fingerprint density at radius 3 is 2.50 bits per heavy atom. The van der Waals surface area contributed by atoms with Crippen molar-refractivity contribution in [3.63, 3.8) is 0 Å². The third kappa shape index (κ3) is 4.30. The van der Waals surface area contributed by atoms with E-state index in [9.17, 15) is 9.59 Å². The maximum Gasteiger partial charge on any atom is 0.244 e. The molecule has 0 aromatic heterocycles. The summed E-state index contributed by atoms with van der Waals surface area (Å²) >= 11 is 0. The van der Waals surface area contributed by atoms with Crippen LogP contribution in [0.25, 0.3) is 0 Å². The number of nitriles is 1. The van der Waals surface area contributed by atoms with Gasteiger partial charge in [0.05, 0.1) is 31.2 Å². The first-order chi connectivity index (χ1) is 12.5. The van der Waals surface area contributed by atoms with Crippen molar-refractivity contribution in [1.29, 1.82) is 5.26 Å². The Morgan fingerprint density at radius 1 is 1.15 bits per heavy atom. The number of rotatable bonds is 6. The average Bonchev–Trinajstić information content (AvgIpc) is 2.65. The standard InChI is InChI=1S/C19H19N3O4/c1-13(23)22(17-9-8-15(25-2)10-18(17)26-3)12-19(24)21-16-7-5-4-6-14(16)11-20/h4-10H,12H2,1-3H3,(H,21,24). The number of ether oxygens (including phenoxy) is 2. The van der Waals surface area contributed by atoms with E-state index in [1.807, 2.05) is 6.07 Å². The summed E-state index contributed by atoms with van der Waals surface area (Å²) in [5.41, 5.74) is 1.19. The minimum absolute atomic E-state index is 0.224. The van der Waals surface area contributed by atoms with E-state index in [4.69, 9.17) is 14.7 Å². The second-order valence-corrected chi connectivity index (χ2v) is 5.35. The predicted molar refractivity (Wildman–Crippen MR) is 97.4 cm³/mol. The zero-order chi connectivity index (χ0) is 19.1. The van der Waals surface area contributed by atoms with E-state index in [-0.39, 0.29) is 12.5 Å². The molecule has 2 rings (SSSR count). The smallest absolute Gasteiger partial charge is 0.244 e. The van der Waals surface area contributed by atoms with Crippen LogP contribution in [0.3, 0.4) is 0 Å². The predicted octanol–water partition coefficient (Wildman–Crippen LogP) is 2.57. The van der Waals surface area contributed by atoms with Gasteiger partial charge in [0.1, 0.15) is 24.1 Å². The molecule has 2 aromatic carbocycles. The quantitative estimate of drug-likeness (QED) is 0.862. The molecule has 2 amide bonds. The van der Waals surface area contributed by atoms with Crippen molar-refractivity contribution in [3.05, 3.63) is 48.0 Å². The van der Waals surface area contributed by atoms with Gasteiger partial charge in [0, 0.05) is 13.0 Å². The maximum atomic E-state index is 12.4. The van der Waals surface area contributed by atoms with Gasteiger partial charge in [-0.15, -0.1) is 0 Å². The summed E-state index contributed by atoms with van der Waals surface area (Å²) in [6, 6.07) is 13.6. The molecule has 0 aliphatic carbocycles. The number of para-hydroxylation sites is 1. The molecule has 2 aromatic rings. The van der Waals surface area contributed by atoms with Crippen molar-refractivity contribution in [2.75, 3.05) is 31.0 Å². The number of hydrogen-bond acceptors (Lipinski definition) is 5. The number of nitrogens with zero attached hydrogens (tertiary/aromatic N) is 2. The molecule has 26 heavy (non-hydrogen) atoms. The van der Waals surface area contributed by atoms with E-state index in [0.717, 1.165) is 0 Å². The van der Waals surface area contributed by atoms with Crippen molar-refractivity contribution >= 4 is 23.2 Å². The normalized spacial score (nSPS) is 9.77. The van der Waals surface area contributed by atoms with Crippen molar-refractivity contribution < 1.29 is 19.1 Å². The summed E-state index contributed by atoms with van der Waals surface area (Å²) in [6.07, 6.45) is 0. The van der Waals surface area contributed by atoms with Crippen molar-refractivity contribution in [3.8, 4) is 17.6 Å². The van der Waals surface area contributed by atoms with Gasteiger partial charge in [-0.1, -0.05) is 12.1 Å². The fourth-order valence-corrected chi connectivity index (χ4v) is 2.40. The molecule has 0 aliphatic rings. The number of benzene rings is 2. The number of anilines is 2. The highest BCUT2D eigenvalue weighted by atomic mass is 16.5. The zero-order valence-electron chi connectivity index (χ0n) is 14.8. The molecule has 0 radical (unpaired) electrons. The summed E-state index contributed by atoms with van der Waals surface area (Å²) in [4.78, 5) is 25.8. The van der Waals surface area contributed by atoms with E-state index < -0.39 is 5.91 Å². The topological polar surface area (TPSA) is 91.7 Å². The lowest BCUT2D eigenvalue weighted by molar-refractivity contribution is -0.120. The molecule has 0 saturated heterocycles. The van der Waals surface area contributed by atoms with E-state index >= 15 is 0 Å². The average molecular weight is 353 g/mol. The summed E-state index contributed by atoms with van der Waals surface area (Å²) in [5.74, 6) is 0.226. The lowest BCUT2D eigenvalue weighted by atomic mass is 10.2. The molecule has 1 N–H and O–H groups in total. The van der Waals surface area contributed by atoms with Crippen LogP contribution in [-0.2, 0) is 9.59 Å². The van der Waals surface area contributed by atoms with E-state index in [0.29, 0.717) is 28.4 Å². The monoisotopic (exact) mass is 353 g/mol. The molecule has 0 fully saturated rings. The zero-order valence-corrected chi connectivity index (χ0v) is 14.8. The van der Waals surface area contributed by atoms with Crippen LogP contribution < -0.4 is 19.7 Å². The Balaban J connectivity index is 2.25. The Hall–Kier alpha value is -3.53. The van der Waals surface area contributed by atoms with Gasteiger partial charge in [0.2, 0.25) is 11.8 Å². The summed E-state index contributed by atoms with van der Waals surface area (Å²) in [5, 5.41) is 11.8. The van der Waals surface area contributed by atoms with Crippen LogP contribution >= 0.6 is 0 Å². The Kier molecular flexibility index (Phi) is 6.17. The third-order valence-electron chi connectivity index (χ3n) is 3.68. The second kappa shape index (κ2) is 8.53. The summed E-state index contributed by atoms with van der Waals surface area (Å²) in [7, 11) is 3.00. The molecule has 0 heterocycles. The molecular weight excluding hydrogens is 334 g/mol. The Morgan fingerprint density at radius 2 is 1.88 bits per heavy atom. The molecular formula is C19H19N3O4. The van der Waals surface area contributed by atoms with Gasteiger partial charge in [0.15, 0.2) is 0 Å². The van der Waals surface area contributed by atoms with Crippen molar-refractivity contribution in [2.45, 2.75) is 6.92 Å². The highest BCUT2D eigenvalue weighted by Gasteiger charge is 2.20. The van der Waals surface area contributed by atoms with Gasteiger partial charge in [-0.05, 0) is 24.3 Å². The molecule has 0 spiro atoms. The van der Waals surface area contributed by atoms with Crippen LogP contribution in [-0.4, -0.2) is 32.6 Å². The fourth-order valence-electron chi connectivity index (χ4n) is 2.40. The van der Waals surface area contributed by atoms with Crippen LogP contribution in [0.5, 0.6) is 11.5 Å². The first-order valence-corrected chi connectivity index (χ1v) is 7.79. The van der Waals surface area contributed by atoms with Crippen LogP contribution in [0.4, 0.5) is 11.4 Å².